The van der Waals surface area contributed by atoms with Crippen LogP contribution in [0.3, 0.4) is 0 Å². The number of hydrogen-bond acceptors (Lipinski definition) is 5. The highest BCUT2D eigenvalue weighted by molar-refractivity contribution is 5.56. The molecule has 1 saturated carbocycles. The number of phenolic OH excluding ortho intramolecular Hbond substituents is 1. The first-order valence-electron chi connectivity index (χ1n) is 9.50. The maximum atomic E-state index is 11.0. The molecule has 1 heterocycles. The Morgan fingerprint density at radius 3 is 2.88 bits per heavy atom. The predicted molar refractivity (Wildman–Crippen MR) is 99.7 cm³/mol. The second-order valence-corrected chi connectivity index (χ2v) is 8.00. The zero-order chi connectivity index (χ0) is 18.5. The number of likely N-dealkylation sites (tertiary alicyclic amines) is 1. The number of piperidine rings is 1. The molecule has 2 bridgehead atoms. The Bertz CT molecular complexity index is 705. The van der Waals surface area contributed by atoms with Gasteiger partial charge in [-0.15, -0.1) is 6.58 Å². The van der Waals surface area contributed by atoms with Gasteiger partial charge in [0.25, 0.3) is 0 Å². The first-order valence-corrected chi connectivity index (χ1v) is 9.50. The standard InChI is InChI=1S/C21H29NO4/c1-4-8-22-9-7-21-12-16(23)18(26-3)11-14(21)15(22)10-13-5-6-17(25-2)20(24)19(13)21/h4-6,14-16,18,23-24H,1,7-12H2,2-3H3/t14?,15?,16?,18?,21-/m1/s1. The van der Waals surface area contributed by atoms with Crippen molar-refractivity contribution in [3.05, 3.63) is 35.9 Å². The topological polar surface area (TPSA) is 62.2 Å². The van der Waals surface area contributed by atoms with Crippen LogP contribution in [0.1, 0.15) is 30.4 Å². The number of ether oxygens (including phenoxy) is 2. The molecule has 0 spiro atoms. The highest BCUT2D eigenvalue weighted by atomic mass is 16.5. The zero-order valence-electron chi connectivity index (χ0n) is 15.6. The van der Waals surface area contributed by atoms with E-state index in [1.54, 1.807) is 14.2 Å². The van der Waals surface area contributed by atoms with Gasteiger partial charge in [-0.3, -0.25) is 4.90 Å². The van der Waals surface area contributed by atoms with E-state index in [0.717, 1.165) is 37.9 Å². The molecule has 26 heavy (non-hydrogen) atoms. The molecule has 2 fully saturated rings. The van der Waals surface area contributed by atoms with E-state index in [-0.39, 0.29) is 17.3 Å². The molecule has 1 aromatic rings. The molecule has 4 rings (SSSR count). The van der Waals surface area contributed by atoms with E-state index in [1.165, 1.54) is 5.56 Å². The van der Waals surface area contributed by atoms with Crippen molar-refractivity contribution in [3.8, 4) is 11.5 Å². The van der Waals surface area contributed by atoms with Crippen molar-refractivity contribution >= 4 is 0 Å². The van der Waals surface area contributed by atoms with Crippen molar-refractivity contribution < 1.29 is 19.7 Å². The van der Waals surface area contributed by atoms with Gasteiger partial charge >= 0.3 is 0 Å². The summed E-state index contributed by atoms with van der Waals surface area (Å²) < 4.78 is 11.0. The van der Waals surface area contributed by atoms with Gasteiger partial charge in [0.05, 0.1) is 19.3 Å². The number of nitrogens with zero attached hydrogens (tertiary/aromatic N) is 1. The van der Waals surface area contributed by atoms with Gasteiger partial charge in [0.15, 0.2) is 11.5 Å². The maximum absolute atomic E-state index is 11.0. The Kier molecular flexibility index (Phi) is 4.49. The highest BCUT2D eigenvalue weighted by Crippen LogP contribution is 2.59. The average Bonchev–Trinajstić information content (AvgIpc) is 2.63. The summed E-state index contributed by atoms with van der Waals surface area (Å²) in [6.07, 6.45) is 4.57. The molecule has 0 aromatic heterocycles. The summed E-state index contributed by atoms with van der Waals surface area (Å²) in [5.41, 5.74) is 1.97. The largest absolute Gasteiger partial charge is 0.504 e. The van der Waals surface area contributed by atoms with Crippen LogP contribution in [-0.2, 0) is 16.6 Å². The Hall–Kier alpha value is -1.56. The second-order valence-electron chi connectivity index (χ2n) is 8.00. The number of hydrogen-bond donors (Lipinski definition) is 2. The van der Waals surface area contributed by atoms with E-state index >= 15 is 0 Å². The molecule has 0 amide bonds. The minimum Gasteiger partial charge on any atom is -0.504 e. The van der Waals surface area contributed by atoms with E-state index in [0.29, 0.717) is 24.1 Å². The minimum absolute atomic E-state index is 0.145. The third kappa shape index (κ3) is 2.41. The zero-order valence-corrected chi connectivity index (χ0v) is 15.6. The van der Waals surface area contributed by atoms with E-state index < -0.39 is 6.10 Å². The Labute approximate surface area is 155 Å². The molecule has 4 unspecified atom stereocenters. The molecular weight excluding hydrogens is 330 g/mol. The van der Waals surface area contributed by atoms with Crippen LogP contribution in [0, 0.1) is 5.92 Å². The summed E-state index contributed by atoms with van der Waals surface area (Å²) in [4.78, 5) is 2.50. The van der Waals surface area contributed by atoms with Gasteiger partial charge in [0.2, 0.25) is 0 Å². The highest BCUT2D eigenvalue weighted by Gasteiger charge is 2.58. The monoisotopic (exact) mass is 359 g/mol. The molecule has 1 saturated heterocycles. The molecule has 5 heteroatoms. The number of aliphatic hydroxyl groups excluding tert-OH is 1. The fraction of sp³-hybridized carbons (Fsp3) is 0.619. The molecule has 142 valence electrons. The summed E-state index contributed by atoms with van der Waals surface area (Å²) in [5.74, 6) is 1.12. The number of benzene rings is 1. The summed E-state index contributed by atoms with van der Waals surface area (Å²) in [5, 5.41) is 21.8. The van der Waals surface area contributed by atoms with Crippen molar-refractivity contribution in [2.24, 2.45) is 5.92 Å². The van der Waals surface area contributed by atoms with Crippen LogP contribution in [0.2, 0.25) is 0 Å². The Balaban J connectivity index is 1.87. The maximum Gasteiger partial charge on any atom is 0.161 e. The molecule has 1 aliphatic heterocycles. The minimum atomic E-state index is -0.514. The fourth-order valence-electron chi connectivity index (χ4n) is 5.92. The predicted octanol–water partition coefficient (Wildman–Crippen LogP) is 2.24. The van der Waals surface area contributed by atoms with Crippen molar-refractivity contribution in [1.29, 1.82) is 0 Å². The quantitative estimate of drug-likeness (QED) is 0.808. The molecule has 5 atom stereocenters. The third-order valence-electron chi connectivity index (χ3n) is 7.02. The normalized spacial score (nSPS) is 36.1. The fourth-order valence-corrected chi connectivity index (χ4v) is 5.92. The van der Waals surface area contributed by atoms with E-state index in [9.17, 15) is 10.2 Å². The van der Waals surface area contributed by atoms with Crippen molar-refractivity contribution in [2.45, 2.75) is 49.3 Å². The summed E-state index contributed by atoms with van der Waals surface area (Å²) >= 11 is 0. The van der Waals surface area contributed by atoms with Crippen LogP contribution in [0.4, 0.5) is 0 Å². The van der Waals surface area contributed by atoms with E-state index in [4.69, 9.17) is 9.47 Å². The first kappa shape index (κ1) is 17.8. The van der Waals surface area contributed by atoms with Gasteiger partial charge in [-0.25, -0.2) is 0 Å². The van der Waals surface area contributed by atoms with Crippen LogP contribution in [0.25, 0.3) is 0 Å². The summed E-state index contributed by atoms with van der Waals surface area (Å²) in [7, 11) is 3.27. The Morgan fingerprint density at radius 2 is 2.19 bits per heavy atom. The third-order valence-corrected chi connectivity index (χ3v) is 7.02. The Morgan fingerprint density at radius 1 is 1.38 bits per heavy atom. The van der Waals surface area contributed by atoms with Crippen molar-refractivity contribution in [3.63, 3.8) is 0 Å². The molecule has 5 nitrogen and oxygen atoms in total. The van der Waals surface area contributed by atoms with Gasteiger partial charge in [-0.05, 0) is 49.8 Å². The van der Waals surface area contributed by atoms with Crippen LogP contribution in [0.15, 0.2) is 24.8 Å². The van der Waals surface area contributed by atoms with Gasteiger partial charge in [0.1, 0.15) is 0 Å². The van der Waals surface area contributed by atoms with Crippen LogP contribution < -0.4 is 4.74 Å². The molecular formula is C21H29NO4. The number of rotatable bonds is 4. The second kappa shape index (κ2) is 6.55. The molecule has 0 radical (unpaired) electrons. The molecule has 2 aliphatic carbocycles. The van der Waals surface area contributed by atoms with E-state index in [1.807, 2.05) is 12.1 Å². The number of methoxy groups -OCH3 is 2. The van der Waals surface area contributed by atoms with Gasteiger partial charge in [-0.2, -0.15) is 0 Å². The van der Waals surface area contributed by atoms with Crippen LogP contribution in [0.5, 0.6) is 11.5 Å². The SMILES string of the molecule is C=CCN1CC[C@@]23CC(O)C(OC)CC2C1Cc1ccc(OC)c(O)c13. The van der Waals surface area contributed by atoms with Gasteiger partial charge < -0.3 is 19.7 Å². The summed E-state index contributed by atoms with van der Waals surface area (Å²) in [6, 6.07) is 4.33. The number of aliphatic hydroxyl groups is 1. The summed E-state index contributed by atoms with van der Waals surface area (Å²) in [6.45, 7) is 5.75. The van der Waals surface area contributed by atoms with Crippen molar-refractivity contribution in [1.82, 2.24) is 4.90 Å². The lowest BCUT2D eigenvalue weighted by molar-refractivity contribution is -0.116. The lowest BCUT2D eigenvalue weighted by Crippen LogP contribution is -2.64. The molecule has 3 aliphatic rings. The smallest absolute Gasteiger partial charge is 0.161 e. The van der Waals surface area contributed by atoms with Crippen molar-refractivity contribution in [2.75, 3.05) is 27.3 Å². The molecule has 1 aromatic carbocycles. The first-order chi connectivity index (χ1) is 12.6. The van der Waals surface area contributed by atoms with Gasteiger partial charge in [-0.1, -0.05) is 12.1 Å². The number of phenols is 1. The van der Waals surface area contributed by atoms with Crippen LogP contribution >= 0.6 is 0 Å². The number of fused-ring (bicyclic) bond motifs is 1. The van der Waals surface area contributed by atoms with Crippen LogP contribution in [-0.4, -0.2) is 60.7 Å². The lowest BCUT2D eigenvalue weighted by Gasteiger charge is -2.60. The molecule has 2 N–H and O–H groups in total. The van der Waals surface area contributed by atoms with E-state index in [2.05, 4.69) is 17.5 Å². The average molecular weight is 359 g/mol. The number of aromatic hydroxyl groups is 1. The lowest BCUT2D eigenvalue weighted by atomic mass is 9.51. The van der Waals surface area contributed by atoms with Gasteiger partial charge in [0, 0.05) is 30.7 Å².